The van der Waals surface area contributed by atoms with E-state index in [1.807, 2.05) is 36.7 Å². The molecule has 0 unspecified atom stereocenters. The van der Waals surface area contributed by atoms with Gasteiger partial charge in [-0.3, -0.25) is 9.59 Å². The van der Waals surface area contributed by atoms with Crippen molar-refractivity contribution in [2.75, 3.05) is 0 Å². The SMILES string of the molecule is CC(=O)O.CC(=O)O.Cc1ccsc1/C=N/NC(N)=O.Cc1ccsc1/C=N/NC(N)=O.[Cu+2]. The average molecular weight is 550 g/mol. The molecule has 0 fully saturated rings. The van der Waals surface area contributed by atoms with Crippen LogP contribution in [-0.2, 0) is 26.7 Å². The number of hydrogen-bond donors (Lipinski definition) is 6. The Bertz CT molecular complexity index is 847. The van der Waals surface area contributed by atoms with Crippen LogP contribution in [0.1, 0.15) is 34.7 Å². The van der Waals surface area contributed by atoms with Crippen molar-refractivity contribution in [2.45, 2.75) is 27.7 Å². The van der Waals surface area contributed by atoms with Crippen molar-refractivity contribution in [3.05, 3.63) is 43.8 Å². The summed E-state index contributed by atoms with van der Waals surface area (Å²) in [5.41, 5.74) is 16.1. The Morgan fingerprint density at radius 3 is 1.27 bits per heavy atom. The van der Waals surface area contributed by atoms with Crippen LogP contribution in [0.2, 0.25) is 0 Å². The van der Waals surface area contributed by atoms with E-state index in [2.05, 4.69) is 21.1 Å². The van der Waals surface area contributed by atoms with Crippen molar-refractivity contribution in [3.8, 4) is 0 Å². The molecule has 0 saturated heterocycles. The molecule has 2 heterocycles. The minimum atomic E-state index is -0.833. The second kappa shape index (κ2) is 20.6. The number of nitrogens with zero attached hydrogens (tertiary/aromatic N) is 2. The molecule has 2 aromatic rings. The van der Waals surface area contributed by atoms with Gasteiger partial charge < -0.3 is 21.7 Å². The standard InChI is InChI=1S/2C7H9N3OS.2C2H4O2.Cu/c2*1-5-2-3-12-6(5)4-9-10-7(8)11;2*1-2(3)4;/h2*2-4H,1H3,(H3,8,10,11);2*1H3,(H,3,4);/q;;;;+2/b2*9-4+;;;. The zero-order valence-electron chi connectivity index (χ0n) is 18.2. The zero-order chi connectivity index (χ0) is 25.1. The molecule has 0 aliphatic heterocycles. The average Bonchev–Trinajstić information content (AvgIpc) is 3.23. The predicted molar refractivity (Wildman–Crippen MR) is 125 cm³/mol. The molecule has 185 valence electrons. The Hall–Kier alpha value is -3.26. The molecule has 8 N–H and O–H groups in total. The summed E-state index contributed by atoms with van der Waals surface area (Å²) in [5, 5.41) is 26.0. The Morgan fingerprint density at radius 2 is 1.09 bits per heavy atom. The minimum absolute atomic E-state index is 0. The van der Waals surface area contributed by atoms with Gasteiger partial charge in [0.05, 0.1) is 12.4 Å². The van der Waals surface area contributed by atoms with Crippen LogP contribution in [0.4, 0.5) is 9.59 Å². The molecule has 0 atom stereocenters. The number of urea groups is 2. The molecule has 2 aromatic heterocycles. The Kier molecular flexibility index (Phi) is 21.5. The molecule has 0 spiro atoms. The first-order valence-electron chi connectivity index (χ1n) is 8.51. The van der Waals surface area contributed by atoms with Crippen LogP contribution in [0.5, 0.6) is 0 Å². The summed E-state index contributed by atoms with van der Waals surface area (Å²) in [4.78, 5) is 40.5. The summed E-state index contributed by atoms with van der Waals surface area (Å²) in [6.07, 6.45) is 3.15. The molecule has 0 aromatic carbocycles. The number of aliphatic carboxylic acids is 2. The van der Waals surface area contributed by atoms with Crippen LogP contribution >= 0.6 is 22.7 Å². The van der Waals surface area contributed by atoms with Gasteiger partial charge in [-0.15, -0.1) is 22.7 Å². The minimum Gasteiger partial charge on any atom is -0.481 e. The van der Waals surface area contributed by atoms with Gasteiger partial charge in [0.25, 0.3) is 11.9 Å². The first-order valence-corrected chi connectivity index (χ1v) is 10.3. The van der Waals surface area contributed by atoms with Gasteiger partial charge in [-0.05, 0) is 47.9 Å². The molecule has 4 amide bonds. The second-order valence-corrected chi connectivity index (χ2v) is 7.34. The van der Waals surface area contributed by atoms with Gasteiger partial charge in [-0.25, -0.2) is 20.4 Å². The topological polar surface area (TPSA) is 210 Å². The Labute approximate surface area is 209 Å². The van der Waals surface area contributed by atoms with E-state index in [4.69, 9.17) is 31.3 Å². The van der Waals surface area contributed by atoms with E-state index in [0.717, 1.165) is 34.7 Å². The third-order valence-electron chi connectivity index (χ3n) is 2.52. The third-order valence-corrected chi connectivity index (χ3v) is 4.42. The maximum Gasteiger partial charge on any atom is 2.00 e. The molecule has 15 heteroatoms. The summed E-state index contributed by atoms with van der Waals surface area (Å²) in [5.74, 6) is -1.67. The quantitative estimate of drug-likeness (QED) is 0.191. The van der Waals surface area contributed by atoms with Crippen molar-refractivity contribution < 1.29 is 46.5 Å². The fourth-order valence-corrected chi connectivity index (χ4v) is 2.92. The summed E-state index contributed by atoms with van der Waals surface area (Å²) >= 11 is 3.12. The first kappa shape index (κ1) is 34.4. The van der Waals surface area contributed by atoms with Crippen LogP contribution < -0.4 is 22.3 Å². The summed E-state index contributed by atoms with van der Waals surface area (Å²) in [6, 6.07) is 2.66. The van der Waals surface area contributed by atoms with Crippen molar-refractivity contribution >= 4 is 59.1 Å². The number of nitrogens with one attached hydrogen (secondary N) is 2. The maximum atomic E-state index is 10.2. The number of primary amides is 2. The monoisotopic (exact) mass is 549 g/mol. The number of carbonyl (C=O) groups excluding carboxylic acids is 2. The maximum absolute atomic E-state index is 10.2. The fraction of sp³-hybridized carbons (Fsp3) is 0.222. The Morgan fingerprint density at radius 1 is 0.818 bits per heavy atom. The number of amides is 4. The molecule has 1 radical (unpaired) electrons. The van der Waals surface area contributed by atoms with Gasteiger partial charge in [0, 0.05) is 23.6 Å². The second-order valence-electron chi connectivity index (χ2n) is 5.44. The molecular weight excluding hydrogens is 524 g/mol. The number of carboxylic acid groups (broad SMARTS) is 2. The van der Waals surface area contributed by atoms with Crippen molar-refractivity contribution in [3.63, 3.8) is 0 Å². The zero-order valence-corrected chi connectivity index (χ0v) is 20.7. The molecule has 0 aliphatic carbocycles. The summed E-state index contributed by atoms with van der Waals surface area (Å²) in [6.45, 7) is 6.12. The van der Waals surface area contributed by atoms with Gasteiger partial charge in [0.15, 0.2) is 0 Å². The van der Waals surface area contributed by atoms with Crippen molar-refractivity contribution in [1.82, 2.24) is 10.9 Å². The fourth-order valence-electron chi connectivity index (χ4n) is 1.34. The number of aryl methyl sites for hydroxylation is 2. The molecule has 0 bridgehead atoms. The number of nitrogens with two attached hydrogens (primary N) is 2. The predicted octanol–water partition coefficient (Wildman–Crippen LogP) is 2.30. The first-order chi connectivity index (χ1) is 14.9. The molecule has 0 saturated carbocycles. The van der Waals surface area contributed by atoms with Crippen LogP contribution in [0, 0.1) is 13.8 Å². The van der Waals surface area contributed by atoms with E-state index >= 15 is 0 Å². The van der Waals surface area contributed by atoms with Gasteiger partial charge in [0.2, 0.25) is 0 Å². The van der Waals surface area contributed by atoms with E-state index in [1.54, 1.807) is 35.1 Å². The van der Waals surface area contributed by atoms with E-state index in [-0.39, 0.29) is 17.1 Å². The van der Waals surface area contributed by atoms with Crippen LogP contribution in [0.15, 0.2) is 33.1 Å². The van der Waals surface area contributed by atoms with Crippen LogP contribution in [0.3, 0.4) is 0 Å². The number of carboxylic acids is 2. The number of carbonyl (C=O) groups is 4. The molecular formula is C18H26CuN6O6S2+2. The third kappa shape index (κ3) is 24.9. The molecule has 12 nitrogen and oxygen atoms in total. The van der Waals surface area contributed by atoms with Crippen LogP contribution in [-0.4, -0.2) is 46.6 Å². The van der Waals surface area contributed by atoms with Crippen LogP contribution in [0.25, 0.3) is 0 Å². The summed E-state index contributed by atoms with van der Waals surface area (Å²) < 4.78 is 0. The van der Waals surface area contributed by atoms with E-state index in [9.17, 15) is 9.59 Å². The van der Waals surface area contributed by atoms with Crippen molar-refractivity contribution in [1.29, 1.82) is 0 Å². The van der Waals surface area contributed by atoms with E-state index in [1.165, 1.54) is 0 Å². The van der Waals surface area contributed by atoms with Crippen molar-refractivity contribution in [2.24, 2.45) is 21.7 Å². The number of hydrogen-bond acceptors (Lipinski definition) is 8. The summed E-state index contributed by atoms with van der Waals surface area (Å²) in [7, 11) is 0. The molecule has 0 aliphatic rings. The Balaban J connectivity index is -0.000000405. The number of hydrazone groups is 2. The smallest absolute Gasteiger partial charge is 0.481 e. The number of thiophene rings is 2. The van der Waals surface area contributed by atoms with E-state index < -0.39 is 24.0 Å². The largest absolute Gasteiger partial charge is 2.00 e. The van der Waals surface area contributed by atoms with Gasteiger partial charge >= 0.3 is 29.1 Å². The molecule has 33 heavy (non-hydrogen) atoms. The van der Waals surface area contributed by atoms with Gasteiger partial charge in [0.1, 0.15) is 0 Å². The molecule has 2 rings (SSSR count). The normalized spacial score (nSPS) is 9.09. The van der Waals surface area contributed by atoms with Gasteiger partial charge in [-0.2, -0.15) is 10.2 Å². The number of rotatable bonds is 4. The van der Waals surface area contributed by atoms with Gasteiger partial charge in [-0.1, -0.05) is 0 Å². The van der Waals surface area contributed by atoms with E-state index in [0.29, 0.717) is 0 Å².